The van der Waals surface area contributed by atoms with Crippen LogP contribution in [0.15, 0.2) is 12.3 Å². The van der Waals surface area contributed by atoms with Crippen molar-refractivity contribution in [3.05, 3.63) is 18.0 Å². The Bertz CT molecular complexity index is 427. The average molecular weight is 275 g/mol. The Morgan fingerprint density at radius 3 is 2.53 bits per heavy atom. The molecule has 0 aliphatic heterocycles. The van der Waals surface area contributed by atoms with Crippen molar-refractivity contribution in [2.24, 2.45) is 11.8 Å². The minimum Gasteiger partial charge on any atom is -0.315 e. The molecule has 3 nitrogen and oxygen atoms in total. The van der Waals surface area contributed by atoms with E-state index in [-0.39, 0.29) is 12.1 Å². The zero-order valence-corrected chi connectivity index (χ0v) is 11.4. The minimum atomic E-state index is -4.37. The monoisotopic (exact) mass is 275 g/mol. The smallest absolute Gasteiger partial charge is 0.315 e. The summed E-state index contributed by atoms with van der Waals surface area (Å²) in [5.41, 5.74) is -0.812. The van der Waals surface area contributed by atoms with E-state index in [1.165, 1.54) is 10.9 Å². The van der Waals surface area contributed by atoms with E-state index in [0.717, 1.165) is 18.9 Å². The lowest BCUT2D eigenvalue weighted by Crippen LogP contribution is -2.44. The molecule has 1 fully saturated rings. The summed E-state index contributed by atoms with van der Waals surface area (Å²) in [6.07, 6.45) is -0.938. The van der Waals surface area contributed by atoms with Crippen LogP contribution in [0.3, 0.4) is 0 Å². The van der Waals surface area contributed by atoms with Crippen LogP contribution in [0.2, 0.25) is 0 Å². The highest BCUT2D eigenvalue weighted by Crippen LogP contribution is 2.37. The molecule has 6 heteroatoms. The first-order chi connectivity index (χ1) is 8.82. The lowest BCUT2D eigenvalue weighted by Gasteiger charge is -2.39. The fraction of sp³-hybridized carbons (Fsp3) is 0.769. The summed E-state index contributed by atoms with van der Waals surface area (Å²) < 4.78 is 39.3. The van der Waals surface area contributed by atoms with Gasteiger partial charge in [0, 0.05) is 12.2 Å². The molecule has 1 aromatic heterocycles. The molecule has 1 heterocycles. The maximum atomic E-state index is 12.6. The molecule has 0 radical (unpaired) electrons. The third kappa shape index (κ3) is 2.94. The van der Waals surface area contributed by atoms with Gasteiger partial charge in [-0.15, -0.1) is 0 Å². The molecular weight excluding hydrogens is 255 g/mol. The third-order valence-corrected chi connectivity index (χ3v) is 4.00. The third-order valence-electron chi connectivity index (χ3n) is 4.00. The second kappa shape index (κ2) is 5.15. The first kappa shape index (κ1) is 14.4. The van der Waals surface area contributed by atoms with Crippen LogP contribution in [0.5, 0.6) is 0 Å². The van der Waals surface area contributed by atoms with Crippen molar-refractivity contribution < 1.29 is 13.2 Å². The van der Waals surface area contributed by atoms with E-state index in [1.54, 1.807) is 0 Å². The van der Waals surface area contributed by atoms with Gasteiger partial charge < -0.3 is 5.32 Å². The molecule has 1 saturated carbocycles. The maximum Gasteiger partial charge on any atom is 0.435 e. The molecule has 1 aliphatic carbocycles. The standard InChI is InChI=1S/C13H20F3N3/c1-8-6-9(2)12(10(7-8)17-3)19-5-4-11(18-19)13(14,15)16/h4-5,8-10,12,17H,6-7H2,1-3H3. The molecule has 19 heavy (non-hydrogen) atoms. The first-order valence-corrected chi connectivity index (χ1v) is 6.62. The molecule has 2 rings (SSSR count). The summed E-state index contributed by atoms with van der Waals surface area (Å²) in [5, 5.41) is 6.95. The van der Waals surface area contributed by atoms with Crippen molar-refractivity contribution in [2.75, 3.05) is 7.05 Å². The van der Waals surface area contributed by atoms with E-state index >= 15 is 0 Å². The summed E-state index contributed by atoms with van der Waals surface area (Å²) in [6.45, 7) is 4.26. The Balaban J connectivity index is 2.26. The number of hydrogen-bond acceptors (Lipinski definition) is 2. The van der Waals surface area contributed by atoms with E-state index in [1.807, 2.05) is 7.05 Å². The van der Waals surface area contributed by atoms with Gasteiger partial charge in [-0.2, -0.15) is 18.3 Å². The number of aromatic nitrogens is 2. The van der Waals surface area contributed by atoms with Crippen LogP contribution >= 0.6 is 0 Å². The molecule has 108 valence electrons. The molecule has 0 spiro atoms. The van der Waals surface area contributed by atoms with Gasteiger partial charge in [-0.3, -0.25) is 4.68 Å². The molecule has 1 aromatic rings. The lowest BCUT2D eigenvalue weighted by atomic mass is 9.76. The summed E-state index contributed by atoms with van der Waals surface area (Å²) in [4.78, 5) is 0. The summed E-state index contributed by atoms with van der Waals surface area (Å²) in [6, 6.07) is 1.20. The molecule has 4 unspecified atom stereocenters. The summed E-state index contributed by atoms with van der Waals surface area (Å²) >= 11 is 0. The average Bonchev–Trinajstić information content (AvgIpc) is 2.76. The summed E-state index contributed by atoms with van der Waals surface area (Å²) in [7, 11) is 1.86. The highest BCUT2D eigenvalue weighted by Gasteiger charge is 2.38. The molecule has 0 amide bonds. The van der Waals surface area contributed by atoms with Crippen molar-refractivity contribution in [3.8, 4) is 0 Å². The van der Waals surface area contributed by atoms with Gasteiger partial charge >= 0.3 is 6.18 Å². The van der Waals surface area contributed by atoms with Crippen LogP contribution in [0, 0.1) is 11.8 Å². The van der Waals surface area contributed by atoms with Gasteiger partial charge in [-0.1, -0.05) is 13.8 Å². The molecule has 0 saturated heterocycles. The van der Waals surface area contributed by atoms with Gasteiger partial charge in [-0.05, 0) is 37.8 Å². The molecule has 1 aliphatic rings. The number of alkyl halides is 3. The number of hydrogen-bond donors (Lipinski definition) is 1. The largest absolute Gasteiger partial charge is 0.435 e. The van der Waals surface area contributed by atoms with Gasteiger partial charge in [0.05, 0.1) is 6.04 Å². The second-order valence-electron chi connectivity index (χ2n) is 5.62. The van der Waals surface area contributed by atoms with Gasteiger partial charge in [0.15, 0.2) is 5.69 Å². The number of likely N-dealkylation sites (N-methyl/N-ethyl adjacent to an activating group) is 1. The van der Waals surface area contributed by atoms with Gasteiger partial charge in [0.2, 0.25) is 0 Å². The van der Waals surface area contributed by atoms with Crippen molar-refractivity contribution >= 4 is 0 Å². The van der Waals surface area contributed by atoms with E-state index < -0.39 is 11.9 Å². The highest BCUT2D eigenvalue weighted by atomic mass is 19.4. The molecule has 1 N–H and O–H groups in total. The zero-order valence-electron chi connectivity index (χ0n) is 11.4. The van der Waals surface area contributed by atoms with Crippen LogP contribution in [-0.2, 0) is 6.18 Å². The lowest BCUT2D eigenvalue weighted by molar-refractivity contribution is -0.141. The Labute approximate surface area is 111 Å². The molecular formula is C13H20F3N3. The first-order valence-electron chi connectivity index (χ1n) is 6.62. The van der Waals surface area contributed by atoms with Crippen molar-refractivity contribution in [2.45, 2.75) is 44.9 Å². The number of nitrogens with one attached hydrogen (secondary N) is 1. The normalized spacial score (nSPS) is 32.5. The van der Waals surface area contributed by atoms with Crippen LogP contribution in [-0.4, -0.2) is 22.9 Å². The number of halogens is 3. The SMILES string of the molecule is CNC1CC(C)CC(C)C1n1ccc(C(F)(F)F)n1. The van der Waals surface area contributed by atoms with Gasteiger partial charge in [0.25, 0.3) is 0 Å². The van der Waals surface area contributed by atoms with Crippen LogP contribution in [0.1, 0.15) is 38.4 Å². The van der Waals surface area contributed by atoms with Crippen LogP contribution < -0.4 is 5.32 Å². The maximum absolute atomic E-state index is 12.6. The Kier molecular flexibility index (Phi) is 3.90. The summed E-state index contributed by atoms with van der Waals surface area (Å²) in [5.74, 6) is 0.892. The highest BCUT2D eigenvalue weighted by molar-refractivity contribution is 5.05. The predicted molar refractivity (Wildman–Crippen MR) is 66.7 cm³/mol. The van der Waals surface area contributed by atoms with E-state index in [2.05, 4.69) is 24.3 Å². The molecule has 0 bridgehead atoms. The Morgan fingerprint density at radius 2 is 2.00 bits per heavy atom. The van der Waals surface area contributed by atoms with Crippen molar-refractivity contribution in [3.63, 3.8) is 0 Å². The van der Waals surface area contributed by atoms with E-state index in [0.29, 0.717) is 11.8 Å². The van der Waals surface area contributed by atoms with Crippen molar-refractivity contribution in [1.29, 1.82) is 0 Å². The fourth-order valence-corrected chi connectivity index (χ4v) is 3.23. The van der Waals surface area contributed by atoms with Gasteiger partial charge in [-0.25, -0.2) is 0 Å². The molecule has 0 aromatic carbocycles. The number of rotatable bonds is 2. The number of nitrogens with zero attached hydrogens (tertiary/aromatic N) is 2. The van der Waals surface area contributed by atoms with Crippen molar-refractivity contribution in [1.82, 2.24) is 15.1 Å². The predicted octanol–water partition coefficient (Wildman–Crippen LogP) is 3.10. The van der Waals surface area contributed by atoms with Crippen LogP contribution in [0.4, 0.5) is 13.2 Å². The van der Waals surface area contributed by atoms with Crippen LogP contribution in [0.25, 0.3) is 0 Å². The fourth-order valence-electron chi connectivity index (χ4n) is 3.23. The zero-order chi connectivity index (χ0) is 14.2. The Hall–Kier alpha value is -1.04. The Morgan fingerprint density at radius 1 is 1.32 bits per heavy atom. The second-order valence-corrected chi connectivity index (χ2v) is 5.62. The molecule has 4 atom stereocenters. The minimum absolute atomic E-state index is 0.0164. The van der Waals surface area contributed by atoms with E-state index in [4.69, 9.17) is 0 Å². The topological polar surface area (TPSA) is 29.9 Å². The van der Waals surface area contributed by atoms with E-state index in [9.17, 15) is 13.2 Å². The quantitative estimate of drug-likeness (QED) is 0.899. The van der Waals surface area contributed by atoms with Gasteiger partial charge in [0.1, 0.15) is 0 Å².